The van der Waals surface area contributed by atoms with Crippen molar-refractivity contribution in [1.29, 1.82) is 0 Å². The molecule has 3 N–H and O–H groups in total. The molecule has 0 spiro atoms. The first kappa shape index (κ1) is 12.9. The quantitative estimate of drug-likeness (QED) is 0.763. The minimum atomic E-state index is -0.334. The number of aromatic amines is 1. The summed E-state index contributed by atoms with van der Waals surface area (Å²) in [5, 5.41) is 0. The zero-order valence-electron chi connectivity index (χ0n) is 11.9. The Morgan fingerprint density at radius 1 is 1.10 bits per heavy atom. The number of hydrogen-bond acceptors (Lipinski definition) is 2. The molecule has 20 heavy (non-hydrogen) atoms. The van der Waals surface area contributed by atoms with Crippen LogP contribution in [-0.4, -0.2) is 9.97 Å². The number of nitrogens with one attached hydrogen (secondary N) is 1. The highest BCUT2D eigenvalue weighted by molar-refractivity contribution is 5.76. The van der Waals surface area contributed by atoms with Gasteiger partial charge in [-0.3, -0.25) is 0 Å². The number of nitrogens with zero attached hydrogens (tertiary/aromatic N) is 1. The van der Waals surface area contributed by atoms with Crippen molar-refractivity contribution >= 4 is 11.0 Å². The van der Waals surface area contributed by atoms with E-state index in [1.54, 1.807) is 0 Å². The molecule has 0 saturated heterocycles. The summed E-state index contributed by atoms with van der Waals surface area (Å²) in [5.41, 5.74) is 10.2. The number of rotatable bonds is 3. The molecule has 0 aliphatic rings. The van der Waals surface area contributed by atoms with Crippen LogP contribution in [0.2, 0.25) is 0 Å². The van der Waals surface area contributed by atoms with Gasteiger partial charge < -0.3 is 10.7 Å². The van der Waals surface area contributed by atoms with Crippen LogP contribution in [0.5, 0.6) is 0 Å². The molecule has 0 amide bonds. The molecule has 0 atom stereocenters. The van der Waals surface area contributed by atoms with Gasteiger partial charge in [0.25, 0.3) is 0 Å². The molecule has 0 aliphatic carbocycles. The minimum Gasteiger partial charge on any atom is -0.342 e. The smallest absolute Gasteiger partial charge is 0.111 e. The van der Waals surface area contributed by atoms with Crippen molar-refractivity contribution in [2.75, 3.05) is 0 Å². The number of H-pyrrole nitrogens is 1. The lowest BCUT2D eigenvalue weighted by atomic mass is 9.95. The average Bonchev–Trinajstić information content (AvgIpc) is 2.80. The fraction of sp³-hybridized carbons (Fsp3) is 0.235. The van der Waals surface area contributed by atoms with E-state index >= 15 is 0 Å². The monoisotopic (exact) mass is 265 g/mol. The summed E-state index contributed by atoms with van der Waals surface area (Å²) in [6.45, 7) is 4.02. The van der Waals surface area contributed by atoms with Crippen LogP contribution in [0.25, 0.3) is 11.0 Å². The molecule has 1 aromatic heterocycles. The molecule has 1 heterocycles. The number of fused-ring (bicyclic) bond motifs is 1. The van der Waals surface area contributed by atoms with Gasteiger partial charge in [-0.2, -0.15) is 0 Å². The first-order valence-corrected chi connectivity index (χ1v) is 6.84. The molecule has 3 heteroatoms. The zero-order chi connectivity index (χ0) is 14.2. The van der Waals surface area contributed by atoms with Gasteiger partial charge in [0, 0.05) is 12.0 Å². The Kier molecular flexibility index (Phi) is 3.07. The van der Waals surface area contributed by atoms with Gasteiger partial charge in [0.2, 0.25) is 0 Å². The van der Waals surface area contributed by atoms with Crippen molar-refractivity contribution in [2.45, 2.75) is 25.8 Å². The third kappa shape index (κ3) is 2.58. The van der Waals surface area contributed by atoms with Crippen molar-refractivity contribution in [3.05, 3.63) is 65.5 Å². The SMILES string of the molecule is CC(C)(N)c1ccc2nc(Cc3ccccc3)[nH]c2c1. The van der Waals surface area contributed by atoms with E-state index in [0.29, 0.717) is 0 Å². The third-order valence-electron chi connectivity index (χ3n) is 3.49. The van der Waals surface area contributed by atoms with Crippen LogP contribution in [-0.2, 0) is 12.0 Å². The zero-order valence-corrected chi connectivity index (χ0v) is 11.9. The number of aromatic nitrogens is 2. The van der Waals surface area contributed by atoms with Crippen LogP contribution in [0.1, 0.15) is 30.8 Å². The second kappa shape index (κ2) is 4.76. The summed E-state index contributed by atoms with van der Waals surface area (Å²) < 4.78 is 0. The second-order valence-electron chi connectivity index (χ2n) is 5.80. The van der Waals surface area contributed by atoms with Crippen LogP contribution in [0.15, 0.2) is 48.5 Å². The maximum atomic E-state index is 6.14. The molecule has 3 rings (SSSR count). The predicted octanol–water partition coefficient (Wildman–Crippen LogP) is 3.35. The Labute approximate surface area is 118 Å². The van der Waals surface area contributed by atoms with Crippen molar-refractivity contribution in [2.24, 2.45) is 5.73 Å². The molecule has 0 saturated carbocycles. The Bertz CT molecular complexity index is 721. The lowest BCUT2D eigenvalue weighted by Gasteiger charge is -2.18. The van der Waals surface area contributed by atoms with Crippen molar-refractivity contribution in [1.82, 2.24) is 9.97 Å². The summed E-state index contributed by atoms with van der Waals surface area (Å²) in [6.07, 6.45) is 0.816. The van der Waals surface area contributed by atoms with E-state index in [4.69, 9.17) is 5.73 Å². The molecular formula is C17H19N3. The van der Waals surface area contributed by atoms with Gasteiger partial charge in [-0.05, 0) is 37.1 Å². The molecule has 3 aromatic rings. The van der Waals surface area contributed by atoms with Crippen LogP contribution < -0.4 is 5.73 Å². The van der Waals surface area contributed by atoms with Crippen molar-refractivity contribution < 1.29 is 0 Å². The number of benzene rings is 2. The van der Waals surface area contributed by atoms with E-state index < -0.39 is 0 Å². The highest BCUT2D eigenvalue weighted by Crippen LogP contribution is 2.22. The highest BCUT2D eigenvalue weighted by Gasteiger charge is 2.15. The predicted molar refractivity (Wildman–Crippen MR) is 82.6 cm³/mol. The van der Waals surface area contributed by atoms with E-state index in [1.807, 2.05) is 38.1 Å². The first-order valence-electron chi connectivity index (χ1n) is 6.84. The largest absolute Gasteiger partial charge is 0.342 e. The van der Waals surface area contributed by atoms with E-state index in [2.05, 4.69) is 34.2 Å². The molecule has 2 aromatic carbocycles. The van der Waals surface area contributed by atoms with E-state index in [-0.39, 0.29) is 5.54 Å². The van der Waals surface area contributed by atoms with E-state index in [1.165, 1.54) is 5.56 Å². The van der Waals surface area contributed by atoms with E-state index in [9.17, 15) is 0 Å². The van der Waals surface area contributed by atoms with Gasteiger partial charge in [0.05, 0.1) is 11.0 Å². The number of nitrogens with two attached hydrogens (primary N) is 1. The van der Waals surface area contributed by atoms with E-state index in [0.717, 1.165) is 28.8 Å². The Balaban J connectivity index is 1.95. The van der Waals surface area contributed by atoms with Crippen LogP contribution in [0, 0.1) is 0 Å². The molecule has 0 fully saturated rings. The lowest BCUT2D eigenvalue weighted by molar-refractivity contribution is 0.555. The topological polar surface area (TPSA) is 54.7 Å². The van der Waals surface area contributed by atoms with Gasteiger partial charge in [0.1, 0.15) is 5.82 Å². The summed E-state index contributed by atoms with van der Waals surface area (Å²) in [6, 6.07) is 16.5. The van der Waals surface area contributed by atoms with Gasteiger partial charge in [-0.15, -0.1) is 0 Å². The van der Waals surface area contributed by atoms with Gasteiger partial charge >= 0.3 is 0 Å². The fourth-order valence-electron chi connectivity index (χ4n) is 2.34. The molecular weight excluding hydrogens is 246 g/mol. The van der Waals surface area contributed by atoms with Crippen molar-refractivity contribution in [3.8, 4) is 0 Å². The summed E-state index contributed by atoms with van der Waals surface area (Å²) in [4.78, 5) is 8.02. The highest BCUT2D eigenvalue weighted by atomic mass is 14.9. The average molecular weight is 265 g/mol. The van der Waals surface area contributed by atoms with Gasteiger partial charge in [0.15, 0.2) is 0 Å². The van der Waals surface area contributed by atoms with Crippen molar-refractivity contribution in [3.63, 3.8) is 0 Å². The fourth-order valence-corrected chi connectivity index (χ4v) is 2.34. The first-order chi connectivity index (χ1) is 9.52. The standard InChI is InChI=1S/C17H19N3/c1-17(2,18)13-8-9-14-15(11-13)20-16(19-14)10-12-6-4-3-5-7-12/h3-9,11H,10,18H2,1-2H3,(H,19,20). The summed E-state index contributed by atoms with van der Waals surface area (Å²) >= 11 is 0. The summed E-state index contributed by atoms with van der Waals surface area (Å²) in [7, 11) is 0. The Morgan fingerprint density at radius 2 is 1.85 bits per heavy atom. The second-order valence-corrected chi connectivity index (χ2v) is 5.80. The minimum absolute atomic E-state index is 0.334. The maximum Gasteiger partial charge on any atom is 0.111 e. The summed E-state index contributed by atoms with van der Waals surface area (Å²) in [5.74, 6) is 0.984. The third-order valence-corrected chi connectivity index (χ3v) is 3.49. The van der Waals surface area contributed by atoms with Crippen LogP contribution >= 0.6 is 0 Å². The molecule has 0 radical (unpaired) electrons. The van der Waals surface area contributed by atoms with Crippen LogP contribution in [0.3, 0.4) is 0 Å². The van der Waals surface area contributed by atoms with Crippen LogP contribution in [0.4, 0.5) is 0 Å². The number of imidazole rings is 1. The maximum absolute atomic E-state index is 6.14. The number of hydrogen-bond donors (Lipinski definition) is 2. The van der Waals surface area contributed by atoms with Gasteiger partial charge in [-0.1, -0.05) is 36.4 Å². The van der Waals surface area contributed by atoms with Gasteiger partial charge in [-0.25, -0.2) is 4.98 Å². The molecule has 102 valence electrons. The molecule has 3 nitrogen and oxygen atoms in total. The Hall–Kier alpha value is -2.13. The molecule has 0 bridgehead atoms. The normalized spacial score (nSPS) is 11.9. The lowest BCUT2D eigenvalue weighted by Crippen LogP contribution is -2.28. The molecule has 0 aliphatic heterocycles. The Morgan fingerprint density at radius 3 is 2.55 bits per heavy atom. The molecule has 0 unspecified atom stereocenters.